The summed E-state index contributed by atoms with van der Waals surface area (Å²) in [5.41, 5.74) is 3.14. The minimum Gasteiger partial charge on any atom is -0.391 e. The molecule has 184 valence electrons. The van der Waals surface area contributed by atoms with Gasteiger partial charge in [-0.05, 0) is 35.6 Å². The standard InChI is InChI=1S/C25H29FN6O3/c1-25(2,15-28-23-18-6-3-4-7-19(18)24(34)31-30-23)14-27-20(33)8-5-9-21-29-22(32-35-21)16-10-12-17(26)13-11-16/h3-4,6-7,10-13,22,32H,5,8-9,14-15H2,1-2H3,(H,27,33)(H,28,30)(H,31,34). The molecule has 0 spiro atoms. The number of halogens is 1. The smallest absolute Gasteiger partial charge is 0.272 e. The van der Waals surface area contributed by atoms with Crippen LogP contribution in [0.2, 0.25) is 0 Å². The quantitative estimate of drug-likeness (QED) is 0.353. The van der Waals surface area contributed by atoms with Gasteiger partial charge in [0.1, 0.15) is 5.82 Å². The van der Waals surface area contributed by atoms with E-state index in [-0.39, 0.29) is 28.9 Å². The van der Waals surface area contributed by atoms with E-state index < -0.39 is 0 Å². The van der Waals surface area contributed by atoms with Crippen molar-refractivity contribution in [1.82, 2.24) is 21.0 Å². The van der Waals surface area contributed by atoms with E-state index in [4.69, 9.17) is 4.84 Å². The van der Waals surface area contributed by atoms with Crippen LogP contribution in [-0.4, -0.2) is 35.1 Å². The number of hydrogen-bond acceptors (Lipinski definition) is 7. The third kappa shape index (κ3) is 6.42. The maximum atomic E-state index is 13.1. The second kappa shape index (κ2) is 10.6. The van der Waals surface area contributed by atoms with E-state index in [9.17, 15) is 14.0 Å². The van der Waals surface area contributed by atoms with Crippen LogP contribution in [0.15, 0.2) is 58.3 Å². The molecule has 4 N–H and O–H groups in total. The van der Waals surface area contributed by atoms with Crippen molar-refractivity contribution in [3.05, 3.63) is 70.3 Å². The van der Waals surface area contributed by atoms with E-state index in [1.165, 1.54) is 12.1 Å². The summed E-state index contributed by atoms with van der Waals surface area (Å²) in [6.45, 7) is 5.11. The van der Waals surface area contributed by atoms with Gasteiger partial charge in [0.25, 0.3) is 5.56 Å². The fourth-order valence-electron chi connectivity index (χ4n) is 3.69. The van der Waals surface area contributed by atoms with Gasteiger partial charge in [0.2, 0.25) is 11.8 Å². The predicted octanol–water partition coefficient (Wildman–Crippen LogP) is 3.42. The minimum absolute atomic E-state index is 0.0488. The first-order valence-electron chi connectivity index (χ1n) is 11.5. The highest BCUT2D eigenvalue weighted by Gasteiger charge is 2.22. The van der Waals surface area contributed by atoms with Crippen LogP contribution in [0.4, 0.5) is 10.2 Å². The summed E-state index contributed by atoms with van der Waals surface area (Å²) in [4.78, 5) is 34.1. The van der Waals surface area contributed by atoms with Crippen LogP contribution in [-0.2, 0) is 9.63 Å². The normalized spacial score (nSPS) is 15.5. The van der Waals surface area contributed by atoms with E-state index in [2.05, 4.69) is 31.3 Å². The third-order valence-electron chi connectivity index (χ3n) is 5.74. The van der Waals surface area contributed by atoms with Gasteiger partial charge in [0, 0.05) is 31.3 Å². The number of anilines is 1. The number of nitrogens with one attached hydrogen (secondary N) is 4. The Balaban J connectivity index is 1.20. The van der Waals surface area contributed by atoms with Gasteiger partial charge in [-0.2, -0.15) is 5.10 Å². The number of hydroxylamine groups is 1. The molecule has 35 heavy (non-hydrogen) atoms. The third-order valence-corrected chi connectivity index (χ3v) is 5.74. The van der Waals surface area contributed by atoms with Gasteiger partial charge in [-0.1, -0.05) is 44.2 Å². The lowest BCUT2D eigenvalue weighted by Gasteiger charge is -2.26. The molecule has 1 aliphatic rings. The van der Waals surface area contributed by atoms with Crippen molar-refractivity contribution in [2.75, 3.05) is 18.4 Å². The lowest BCUT2D eigenvalue weighted by Crippen LogP contribution is -2.38. The van der Waals surface area contributed by atoms with Crippen molar-refractivity contribution in [2.24, 2.45) is 10.4 Å². The molecule has 0 fully saturated rings. The zero-order chi connectivity index (χ0) is 24.8. The molecule has 1 amide bonds. The lowest BCUT2D eigenvalue weighted by atomic mass is 9.93. The second-order valence-electron chi connectivity index (χ2n) is 9.29. The average molecular weight is 481 g/mol. The van der Waals surface area contributed by atoms with Crippen LogP contribution >= 0.6 is 0 Å². The number of H-pyrrole nitrogens is 1. The van der Waals surface area contributed by atoms with E-state index in [0.29, 0.717) is 49.5 Å². The van der Waals surface area contributed by atoms with Crippen molar-refractivity contribution in [1.29, 1.82) is 0 Å². The first-order chi connectivity index (χ1) is 16.8. The molecule has 2 heterocycles. The number of carbonyl (C=O) groups is 1. The van der Waals surface area contributed by atoms with Gasteiger partial charge in [-0.15, -0.1) is 5.48 Å². The van der Waals surface area contributed by atoms with E-state index in [1.807, 2.05) is 32.0 Å². The molecule has 9 nitrogen and oxygen atoms in total. The number of nitrogens with zero attached hydrogens (tertiary/aromatic N) is 2. The number of fused-ring (bicyclic) bond motifs is 1. The lowest BCUT2D eigenvalue weighted by molar-refractivity contribution is -0.121. The van der Waals surface area contributed by atoms with Gasteiger partial charge in [0.05, 0.1) is 5.39 Å². The maximum absolute atomic E-state index is 13.1. The van der Waals surface area contributed by atoms with Crippen molar-refractivity contribution >= 4 is 28.4 Å². The van der Waals surface area contributed by atoms with Crippen molar-refractivity contribution in [3.63, 3.8) is 0 Å². The highest BCUT2D eigenvalue weighted by molar-refractivity contribution is 5.90. The molecule has 10 heteroatoms. The summed E-state index contributed by atoms with van der Waals surface area (Å²) >= 11 is 0. The van der Waals surface area contributed by atoms with Gasteiger partial charge in [-0.3, -0.25) is 9.59 Å². The maximum Gasteiger partial charge on any atom is 0.272 e. The van der Waals surface area contributed by atoms with E-state index >= 15 is 0 Å². The average Bonchev–Trinajstić information content (AvgIpc) is 3.32. The molecule has 0 saturated heterocycles. The summed E-state index contributed by atoms with van der Waals surface area (Å²) in [5.74, 6) is 0.775. The molecule has 4 rings (SSSR count). The van der Waals surface area contributed by atoms with Crippen LogP contribution in [0, 0.1) is 11.2 Å². The Labute approximate surface area is 202 Å². The van der Waals surface area contributed by atoms with Gasteiger partial charge in [0.15, 0.2) is 12.0 Å². The summed E-state index contributed by atoms with van der Waals surface area (Å²) in [5, 5.41) is 14.2. The van der Waals surface area contributed by atoms with Gasteiger partial charge < -0.3 is 15.5 Å². The Morgan fingerprint density at radius 1 is 1.11 bits per heavy atom. The van der Waals surface area contributed by atoms with Crippen LogP contribution in [0.3, 0.4) is 0 Å². The molecule has 3 aromatic rings. The number of aromatic nitrogens is 2. The fourth-order valence-corrected chi connectivity index (χ4v) is 3.69. The zero-order valence-electron chi connectivity index (χ0n) is 19.7. The molecule has 1 aromatic heterocycles. The Morgan fingerprint density at radius 3 is 2.63 bits per heavy atom. The van der Waals surface area contributed by atoms with Crippen LogP contribution in [0.5, 0.6) is 0 Å². The zero-order valence-corrected chi connectivity index (χ0v) is 19.7. The van der Waals surface area contributed by atoms with Crippen LogP contribution < -0.4 is 21.7 Å². The molecular weight excluding hydrogens is 451 g/mol. The molecule has 0 radical (unpaired) electrons. The Kier molecular flexibility index (Phi) is 7.40. The number of hydrogen-bond donors (Lipinski definition) is 4. The summed E-state index contributed by atoms with van der Waals surface area (Å²) < 4.78 is 13.1. The monoisotopic (exact) mass is 480 g/mol. The van der Waals surface area contributed by atoms with Gasteiger partial charge >= 0.3 is 0 Å². The number of aromatic amines is 1. The molecule has 1 unspecified atom stereocenters. The van der Waals surface area contributed by atoms with E-state index in [0.717, 1.165) is 10.9 Å². The van der Waals surface area contributed by atoms with Crippen LogP contribution in [0.1, 0.15) is 44.8 Å². The topological polar surface area (TPSA) is 120 Å². The first-order valence-corrected chi connectivity index (χ1v) is 11.5. The minimum atomic E-state index is -0.373. The Morgan fingerprint density at radius 2 is 1.86 bits per heavy atom. The molecule has 1 atom stereocenters. The van der Waals surface area contributed by atoms with Crippen LogP contribution in [0.25, 0.3) is 10.8 Å². The van der Waals surface area contributed by atoms with Crippen molar-refractivity contribution in [3.8, 4) is 0 Å². The first kappa shape index (κ1) is 24.3. The molecule has 0 bridgehead atoms. The molecule has 1 aliphatic heterocycles. The summed E-state index contributed by atoms with van der Waals surface area (Å²) in [7, 11) is 0. The SMILES string of the molecule is CC(C)(CNC(=O)CCCC1=NC(c2ccc(F)cc2)NO1)CNc1n[nH]c(=O)c2ccccc12. The highest BCUT2D eigenvalue weighted by Crippen LogP contribution is 2.22. The Hall–Kier alpha value is -3.79. The summed E-state index contributed by atoms with van der Waals surface area (Å²) in [6.07, 6.45) is 1.09. The van der Waals surface area contributed by atoms with E-state index in [1.54, 1.807) is 18.2 Å². The van der Waals surface area contributed by atoms with Gasteiger partial charge in [-0.25, -0.2) is 14.5 Å². The highest BCUT2D eigenvalue weighted by atomic mass is 19.1. The molecule has 0 saturated carbocycles. The number of amides is 1. The predicted molar refractivity (Wildman–Crippen MR) is 132 cm³/mol. The molecule has 2 aromatic carbocycles. The van der Waals surface area contributed by atoms with Crippen molar-refractivity contribution in [2.45, 2.75) is 39.3 Å². The van der Waals surface area contributed by atoms with Crippen molar-refractivity contribution < 1.29 is 14.0 Å². The summed E-state index contributed by atoms with van der Waals surface area (Å²) in [6, 6.07) is 13.4. The molecular formula is C25H29FN6O3. The number of aliphatic imine (C=N–C) groups is 1. The molecule has 0 aliphatic carbocycles. The number of carbonyl (C=O) groups excluding carboxylic acids is 1. The number of rotatable bonds is 10. The Bertz CT molecular complexity index is 1270. The fraction of sp³-hybridized carbons (Fsp3) is 0.360. The second-order valence-corrected chi connectivity index (χ2v) is 9.29. The largest absolute Gasteiger partial charge is 0.391 e. The number of benzene rings is 2.